The van der Waals surface area contributed by atoms with Crippen molar-refractivity contribution in [2.45, 2.75) is 178 Å². The molecule has 0 radical (unpaired) electrons. The van der Waals surface area contributed by atoms with Gasteiger partial charge in [0.1, 0.15) is 146 Å². The molecule has 0 aromatic heterocycles. The zero-order valence-corrected chi connectivity index (χ0v) is 34.2. The van der Waals surface area contributed by atoms with Crippen molar-refractivity contribution in [3.05, 3.63) is 0 Å². The molecular weight excluding hydrogens is 896 g/mol. The standard InChI is InChI=1S/C36H60O29/c37-1-8(44)15(46)23(9(45)2-38)61-33-21(52)18(49)24(11(4-40)55-33)62-36-31-29(60-31)27(14(7-43)58-36)65-34-22(53)19(50)25(12(5-41)56-34)63-35-30-28(59-30)26(13(6-42)57-35)64-32-20(51)17(48)16(47)10(3-39)54-32/h8-53H,1-7H2/t8-,9+,10+,11+,12+,13+,14+,15+,16+,17-,18+,19+,20+,21+,22+,23+,24+,25+,26+,27+,28-,29-,30-,31-,32+,33+,34+,35+,36+/m0/s1. The van der Waals surface area contributed by atoms with Crippen LogP contribution in [-0.4, -0.2) is 311 Å². The summed E-state index contributed by atoms with van der Waals surface area (Å²) < 4.78 is 68.8. The maximum absolute atomic E-state index is 11.3. The number of hydrogen-bond donors (Lipinski definition) is 17. The molecule has 378 valence electrons. The Morgan fingerprint density at radius 2 is 0.692 bits per heavy atom. The Morgan fingerprint density at radius 1 is 0.338 bits per heavy atom. The van der Waals surface area contributed by atoms with Gasteiger partial charge in [0.25, 0.3) is 0 Å². The van der Waals surface area contributed by atoms with Gasteiger partial charge < -0.3 is 144 Å². The third-order valence-electron chi connectivity index (χ3n) is 12.4. The van der Waals surface area contributed by atoms with E-state index in [2.05, 4.69) is 0 Å². The largest absolute Gasteiger partial charge is 0.394 e. The van der Waals surface area contributed by atoms with Gasteiger partial charge in [-0.15, -0.1) is 0 Å². The lowest BCUT2D eigenvalue weighted by Crippen LogP contribution is -2.64. The lowest BCUT2D eigenvalue weighted by molar-refractivity contribution is -0.364. The summed E-state index contributed by atoms with van der Waals surface area (Å²) >= 11 is 0. The van der Waals surface area contributed by atoms with E-state index in [4.69, 9.17) is 56.8 Å². The molecule has 0 amide bonds. The molecule has 0 unspecified atom stereocenters. The highest BCUT2D eigenvalue weighted by atomic mass is 16.8. The Bertz CT molecular complexity index is 1480. The van der Waals surface area contributed by atoms with E-state index < -0.39 is 224 Å². The number of fused-ring (bicyclic) bond motifs is 2. The molecule has 7 aliphatic rings. The van der Waals surface area contributed by atoms with Gasteiger partial charge in [0.2, 0.25) is 0 Å². The fourth-order valence-electron chi connectivity index (χ4n) is 8.61. The lowest BCUT2D eigenvalue weighted by Gasteiger charge is -2.46. The first kappa shape index (κ1) is 51.7. The minimum atomic E-state index is -2.02. The molecule has 0 aromatic carbocycles. The van der Waals surface area contributed by atoms with Crippen LogP contribution in [0.15, 0.2) is 0 Å². The molecule has 29 nitrogen and oxygen atoms in total. The van der Waals surface area contributed by atoms with Crippen LogP contribution in [0.5, 0.6) is 0 Å². The van der Waals surface area contributed by atoms with E-state index in [-0.39, 0.29) is 0 Å². The first-order valence-electron chi connectivity index (χ1n) is 21.0. The van der Waals surface area contributed by atoms with Gasteiger partial charge in [-0.25, -0.2) is 0 Å². The third-order valence-corrected chi connectivity index (χ3v) is 12.4. The summed E-state index contributed by atoms with van der Waals surface area (Å²) in [5.74, 6) is 0. The number of aliphatic hydroxyl groups is 17. The molecule has 0 aliphatic carbocycles. The summed E-state index contributed by atoms with van der Waals surface area (Å²) in [5, 5.41) is 175. The van der Waals surface area contributed by atoms with Crippen LogP contribution in [0.3, 0.4) is 0 Å². The van der Waals surface area contributed by atoms with Gasteiger partial charge in [-0.05, 0) is 0 Å². The number of rotatable bonds is 20. The highest BCUT2D eigenvalue weighted by molar-refractivity contribution is 5.06. The monoisotopic (exact) mass is 956 g/mol. The second-order valence-corrected chi connectivity index (χ2v) is 16.7. The summed E-state index contributed by atoms with van der Waals surface area (Å²) in [6.07, 6.45) is -44.4. The number of ether oxygens (including phenoxy) is 12. The summed E-state index contributed by atoms with van der Waals surface area (Å²) in [7, 11) is 0. The van der Waals surface area contributed by atoms with Gasteiger partial charge in [0.15, 0.2) is 31.5 Å². The van der Waals surface area contributed by atoms with Crippen LogP contribution in [0.25, 0.3) is 0 Å². The molecule has 7 aliphatic heterocycles. The molecular formula is C36H60O29. The van der Waals surface area contributed by atoms with Crippen molar-refractivity contribution in [2.24, 2.45) is 0 Å². The quantitative estimate of drug-likeness (QED) is 0.0504. The van der Waals surface area contributed by atoms with Crippen LogP contribution < -0.4 is 0 Å². The van der Waals surface area contributed by atoms with E-state index in [1.165, 1.54) is 0 Å². The highest BCUT2D eigenvalue weighted by Crippen LogP contribution is 2.44. The summed E-state index contributed by atoms with van der Waals surface area (Å²) in [6.45, 7) is -5.85. The first-order chi connectivity index (χ1) is 31.0. The van der Waals surface area contributed by atoms with E-state index in [1.807, 2.05) is 0 Å². The third kappa shape index (κ3) is 10.5. The van der Waals surface area contributed by atoms with Gasteiger partial charge in [0, 0.05) is 0 Å². The van der Waals surface area contributed by atoms with Gasteiger partial charge >= 0.3 is 0 Å². The minimum absolute atomic E-state index is 0.705. The Morgan fingerprint density at radius 3 is 1.12 bits per heavy atom. The number of aliphatic hydroxyl groups excluding tert-OH is 17. The van der Waals surface area contributed by atoms with E-state index in [1.54, 1.807) is 0 Å². The molecule has 65 heavy (non-hydrogen) atoms. The molecule has 0 aromatic rings. The average Bonchev–Trinajstić information content (AvgIpc) is 4.26. The van der Waals surface area contributed by atoms with Gasteiger partial charge in [-0.3, -0.25) is 0 Å². The predicted molar refractivity (Wildman–Crippen MR) is 195 cm³/mol. The average molecular weight is 957 g/mol. The van der Waals surface area contributed by atoms with Crippen LogP contribution in [0.1, 0.15) is 0 Å². The Balaban J connectivity index is 0.939. The molecule has 7 rings (SSSR count). The maximum atomic E-state index is 11.3. The van der Waals surface area contributed by atoms with E-state index in [0.29, 0.717) is 0 Å². The van der Waals surface area contributed by atoms with Crippen molar-refractivity contribution in [1.29, 1.82) is 0 Å². The van der Waals surface area contributed by atoms with Crippen molar-refractivity contribution in [1.82, 2.24) is 0 Å². The van der Waals surface area contributed by atoms with Crippen molar-refractivity contribution in [2.75, 3.05) is 46.2 Å². The molecule has 0 saturated carbocycles. The Hall–Kier alpha value is -1.16. The molecule has 0 bridgehead atoms. The molecule has 29 heteroatoms. The van der Waals surface area contributed by atoms with Crippen LogP contribution in [0, 0.1) is 0 Å². The van der Waals surface area contributed by atoms with E-state index >= 15 is 0 Å². The maximum Gasteiger partial charge on any atom is 0.187 e. The Kier molecular flexibility index (Phi) is 17.4. The Labute approximate surface area is 367 Å². The molecule has 7 saturated heterocycles. The summed E-state index contributed by atoms with van der Waals surface area (Å²) in [4.78, 5) is 0. The molecule has 7 heterocycles. The minimum Gasteiger partial charge on any atom is -0.394 e. The predicted octanol–water partition coefficient (Wildman–Crippen LogP) is -12.4. The van der Waals surface area contributed by atoms with Crippen LogP contribution in [0.2, 0.25) is 0 Å². The van der Waals surface area contributed by atoms with Gasteiger partial charge in [0.05, 0.1) is 46.2 Å². The zero-order chi connectivity index (χ0) is 47.2. The molecule has 0 spiro atoms. The van der Waals surface area contributed by atoms with Crippen molar-refractivity contribution in [3.8, 4) is 0 Å². The zero-order valence-electron chi connectivity index (χ0n) is 34.2. The van der Waals surface area contributed by atoms with Crippen molar-refractivity contribution < 1.29 is 144 Å². The van der Waals surface area contributed by atoms with Crippen molar-refractivity contribution >= 4 is 0 Å². The van der Waals surface area contributed by atoms with E-state index in [0.717, 1.165) is 0 Å². The first-order valence-corrected chi connectivity index (χ1v) is 21.0. The number of hydrogen-bond acceptors (Lipinski definition) is 29. The van der Waals surface area contributed by atoms with Crippen LogP contribution in [-0.2, 0) is 56.8 Å². The molecule has 29 atom stereocenters. The van der Waals surface area contributed by atoms with Gasteiger partial charge in [-0.1, -0.05) is 0 Å². The lowest BCUT2D eigenvalue weighted by atomic mass is 9.97. The summed E-state index contributed by atoms with van der Waals surface area (Å²) in [6, 6.07) is 0. The van der Waals surface area contributed by atoms with Crippen LogP contribution in [0.4, 0.5) is 0 Å². The smallest absolute Gasteiger partial charge is 0.187 e. The fraction of sp³-hybridized carbons (Fsp3) is 1.00. The van der Waals surface area contributed by atoms with Crippen molar-refractivity contribution in [3.63, 3.8) is 0 Å². The second kappa shape index (κ2) is 21.9. The van der Waals surface area contributed by atoms with E-state index in [9.17, 15) is 86.8 Å². The molecule has 17 N–H and O–H groups in total. The second-order valence-electron chi connectivity index (χ2n) is 16.7. The topological polar surface area (TPSA) is 461 Å². The van der Waals surface area contributed by atoms with Gasteiger partial charge in [-0.2, -0.15) is 0 Å². The normalized spacial score (nSPS) is 50.4. The SMILES string of the molecule is OC[C@@H](O)[C@@H](O[C@H]1O[C@H](CO)[C@@H](O[C@H]2O[C@H](CO)[C@@H](O[C@H]3O[C@H](CO)[C@@H](O[C@H]4O[C@H](CO)[C@@H](O[C@H]5O[C@H](CO)[C@@H](O)[C@H](O)[C@H]5O)[C@@H]5O[C@H]45)[C@H](O)[C@H]3O)[C@@H]3O[C@H]23)[C@H](O)[C@H]1O)[C@H](O)[C@@H](O)CO. The van der Waals surface area contributed by atoms with Crippen LogP contribution >= 0.6 is 0 Å². The summed E-state index contributed by atoms with van der Waals surface area (Å²) in [5.41, 5.74) is 0. The number of epoxide rings is 2. The highest BCUT2D eigenvalue weighted by Gasteiger charge is 2.64. The fourth-order valence-corrected chi connectivity index (χ4v) is 8.61. The molecule has 7 fully saturated rings.